The fourth-order valence-electron chi connectivity index (χ4n) is 2.20. The lowest BCUT2D eigenvalue weighted by atomic mass is 10.1. The molecule has 0 aliphatic heterocycles. The Morgan fingerprint density at radius 1 is 1.11 bits per heavy atom. The zero-order chi connectivity index (χ0) is 13.2. The van der Waals surface area contributed by atoms with Gasteiger partial charge in [0.15, 0.2) is 0 Å². The van der Waals surface area contributed by atoms with Gasteiger partial charge >= 0.3 is 0 Å². The van der Waals surface area contributed by atoms with Crippen LogP contribution in [-0.2, 0) is 0 Å². The normalized spacial score (nSPS) is 10.3. The van der Waals surface area contributed by atoms with E-state index in [0.717, 1.165) is 27.9 Å². The molecule has 0 amide bonds. The first-order chi connectivity index (χ1) is 9.31. The van der Waals surface area contributed by atoms with Crippen LogP contribution in [0, 0.1) is 11.3 Å². The molecule has 3 rings (SSSR count). The van der Waals surface area contributed by atoms with Gasteiger partial charge in [-0.1, -0.05) is 18.2 Å². The van der Waals surface area contributed by atoms with Crippen molar-refractivity contribution in [3.8, 4) is 23.1 Å². The molecule has 1 heterocycles. The van der Waals surface area contributed by atoms with Gasteiger partial charge in [-0.15, -0.1) is 0 Å². The minimum Gasteiger partial charge on any atom is -0.497 e. The molecule has 1 aromatic heterocycles. The van der Waals surface area contributed by atoms with Crippen LogP contribution in [0.1, 0.15) is 5.56 Å². The summed E-state index contributed by atoms with van der Waals surface area (Å²) < 4.78 is 5.22. The highest BCUT2D eigenvalue weighted by atomic mass is 16.5. The Morgan fingerprint density at radius 2 is 1.95 bits per heavy atom. The lowest BCUT2D eigenvalue weighted by Gasteiger charge is -1.99. The van der Waals surface area contributed by atoms with E-state index < -0.39 is 0 Å². The lowest BCUT2D eigenvalue weighted by Crippen LogP contribution is -1.82. The smallest absolute Gasteiger partial charge is 0.119 e. The third-order valence-corrected chi connectivity index (χ3v) is 3.17. The highest BCUT2D eigenvalue weighted by Gasteiger charge is 2.08. The third-order valence-electron chi connectivity index (χ3n) is 3.17. The van der Waals surface area contributed by atoms with Crippen LogP contribution in [0.25, 0.3) is 22.2 Å². The minimum atomic E-state index is 0.668. The number of nitrogens with one attached hydrogen (secondary N) is 1. The number of rotatable bonds is 2. The second-order valence-corrected chi connectivity index (χ2v) is 4.29. The number of ether oxygens (including phenoxy) is 1. The maximum atomic E-state index is 9.15. The van der Waals surface area contributed by atoms with Gasteiger partial charge in [0.25, 0.3) is 0 Å². The molecule has 0 unspecified atom stereocenters. The molecule has 3 aromatic rings. The maximum absolute atomic E-state index is 9.15. The number of aromatic amines is 1. The van der Waals surface area contributed by atoms with Crippen LogP contribution in [0.15, 0.2) is 48.5 Å². The molecule has 0 spiro atoms. The minimum absolute atomic E-state index is 0.668. The number of nitrogens with zero attached hydrogens (tertiary/aromatic N) is 1. The van der Waals surface area contributed by atoms with Crippen molar-refractivity contribution in [2.75, 3.05) is 7.11 Å². The molecule has 0 radical (unpaired) electrons. The van der Waals surface area contributed by atoms with Gasteiger partial charge in [0.1, 0.15) is 5.75 Å². The molecular formula is C16H12N2O. The summed E-state index contributed by atoms with van der Waals surface area (Å²) in [4.78, 5) is 3.33. The summed E-state index contributed by atoms with van der Waals surface area (Å²) in [6.07, 6.45) is 0. The van der Waals surface area contributed by atoms with Crippen molar-refractivity contribution in [2.45, 2.75) is 0 Å². The first-order valence-corrected chi connectivity index (χ1v) is 5.98. The molecule has 0 atom stereocenters. The Kier molecular flexibility index (Phi) is 2.70. The first kappa shape index (κ1) is 11.4. The number of benzene rings is 2. The molecule has 0 aliphatic rings. The quantitative estimate of drug-likeness (QED) is 0.751. The van der Waals surface area contributed by atoms with E-state index in [1.54, 1.807) is 7.11 Å². The van der Waals surface area contributed by atoms with E-state index in [1.165, 1.54) is 0 Å². The number of aromatic nitrogens is 1. The van der Waals surface area contributed by atoms with Crippen LogP contribution in [0.2, 0.25) is 0 Å². The van der Waals surface area contributed by atoms with Crippen molar-refractivity contribution in [2.24, 2.45) is 0 Å². The highest BCUT2D eigenvalue weighted by molar-refractivity contribution is 5.87. The van der Waals surface area contributed by atoms with Crippen molar-refractivity contribution < 1.29 is 4.74 Å². The molecule has 3 heteroatoms. The van der Waals surface area contributed by atoms with E-state index in [2.05, 4.69) is 11.1 Å². The van der Waals surface area contributed by atoms with Crippen LogP contribution >= 0.6 is 0 Å². The summed E-state index contributed by atoms with van der Waals surface area (Å²) >= 11 is 0. The second-order valence-electron chi connectivity index (χ2n) is 4.29. The molecule has 1 N–H and O–H groups in total. The van der Waals surface area contributed by atoms with E-state index in [-0.39, 0.29) is 0 Å². The van der Waals surface area contributed by atoms with E-state index in [9.17, 15) is 0 Å². The largest absolute Gasteiger partial charge is 0.497 e. The number of methoxy groups -OCH3 is 1. The zero-order valence-corrected chi connectivity index (χ0v) is 10.5. The molecule has 0 aliphatic carbocycles. The summed E-state index contributed by atoms with van der Waals surface area (Å²) in [5, 5.41) is 10.2. The van der Waals surface area contributed by atoms with Crippen LogP contribution in [0.4, 0.5) is 0 Å². The summed E-state index contributed by atoms with van der Waals surface area (Å²) in [5.74, 6) is 0.826. The summed E-state index contributed by atoms with van der Waals surface area (Å²) in [7, 11) is 1.65. The van der Waals surface area contributed by atoms with Crippen LogP contribution < -0.4 is 4.74 Å². The first-order valence-electron chi connectivity index (χ1n) is 5.98. The molecule has 92 valence electrons. The van der Waals surface area contributed by atoms with E-state index in [4.69, 9.17) is 10.00 Å². The van der Waals surface area contributed by atoms with Crippen molar-refractivity contribution >= 4 is 10.9 Å². The molecule has 2 aromatic carbocycles. The fourth-order valence-corrected chi connectivity index (χ4v) is 2.20. The fraction of sp³-hybridized carbons (Fsp3) is 0.0625. The van der Waals surface area contributed by atoms with Gasteiger partial charge in [-0.3, -0.25) is 0 Å². The monoisotopic (exact) mass is 248 g/mol. The SMILES string of the molecule is COc1ccc2[nH]c(-c3ccccc3C#N)cc2c1. The summed E-state index contributed by atoms with van der Waals surface area (Å²) in [6.45, 7) is 0. The Morgan fingerprint density at radius 3 is 2.74 bits per heavy atom. The average Bonchev–Trinajstić information content (AvgIpc) is 2.89. The van der Waals surface area contributed by atoms with E-state index in [0.29, 0.717) is 5.56 Å². The Balaban J connectivity index is 2.18. The van der Waals surface area contributed by atoms with Crippen molar-refractivity contribution in [3.63, 3.8) is 0 Å². The molecule has 0 bridgehead atoms. The van der Waals surface area contributed by atoms with Gasteiger partial charge in [-0.25, -0.2) is 0 Å². The van der Waals surface area contributed by atoms with E-state index >= 15 is 0 Å². The molecular weight excluding hydrogens is 236 g/mol. The molecule has 3 nitrogen and oxygen atoms in total. The van der Waals surface area contributed by atoms with Crippen molar-refractivity contribution in [1.82, 2.24) is 4.98 Å². The highest BCUT2D eigenvalue weighted by Crippen LogP contribution is 2.28. The van der Waals surface area contributed by atoms with Crippen molar-refractivity contribution in [3.05, 3.63) is 54.1 Å². The standard InChI is InChI=1S/C16H12N2O/c1-19-13-6-7-15-12(8-13)9-16(18-15)14-5-3-2-4-11(14)10-17/h2-9,18H,1H3. The predicted molar refractivity (Wildman–Crippen MR) is 75.0 cm³/mol. The topological polar surface area (TPSA) is 48.8 Å². The predicted octanol–water partition coefficient (Wildman–Crippen LogP) is 3.72. The summed E-state index contributed by atoms with van der Waals surface area (Å²) in [5.41, 5.74) is 3.56. The van der Waals surface area contributed by atoms with Gasteiger partial charge in [-0.2, -0.15) is 5.26 Å². The number of H-pyrrole nitrogens is 1. The Labute approximate surface area is 111 Å². The van der Waals surface area contributed by atoms with E-state index in [1.807, 2.05) is 48.5 Å². The number of fused-ring (bicyclic) bond motifs is 1. The molecule has 0 saturated carbocycles. The van der Waals surface area contributed by atoms with Gasteiger partial charge in [0.2, 0.25) is 0 Å². The van der Waals surface area contributed by atoms with Crippen molar-refractivity contribution in [1.29, 1.82) is 5.26 Å². The van der Waals surface area contributed by atoms with Gasteiger partial charge < -0.3 is 9.72 Å². The number of hydrogen-bond donors (Lipinski definition) is 1. The van der Waals surface area contributed by atoms with Gasteiger partial charge in [-0.05, 0) is 30.3 Å². The Hall–Kier alpha value is -2.73. The van der Waals surface area contributed by atoms with Gasteiger partial charge in [0.05, 0.1) is 18.7 Å². The maximum Gasteiger partial charge on any atom is 0.119 e. The number of hydrogen-bond acceptors (Lipinski definition) is 2. The van der Waals surface area contributed by atoms with Crippen LogP contribution in [-0.4, -0.2) is 12.1 Å². The van der Waals surface area contributed by atoms with Crippen LogP contribution in [0.5, 0.6) is 5.75 Å². The Bertz CT molecular complexity index is 781. The average molecular weight is 248 g/mol. The lowest BCUT2D eigenvalue weighted by molar-refractivity contribution is 0.415. The molecule has 19 heavy (non-hydrogen) atoms. The molecule has 0 saturated heterocycles. The zero-order valence-electron chi connectivity index (χ0n) is 10.5. The summed E-state index contributed by atoms with van der Waals surface area (Å²) in [6, 6.07) is 17.7. The second kappa shape index (κ2) is 4.51. The van der Waals surface area contributed by atoms with Gasteiger partial charge in [0, 0.05) is 22.2 Å². The third kappa shape index (κ3) is 1.94. The van der Waals surface area contributed by atoms with Crippen LogP contribution in [0.3, 0.4) is 0 Å². The number of nitriles is 1. The molecule has 0 fully saturated rings.